The molecule has 1 aromatic carbocycles. The van der Waals surface area contributed by atoms with Gasteiger partial charge in [-0.25, -0.2) is 0 Å². The van der Waals surface area contributed by atoms with Crippen molar-refractivity contribution in [3.8, 4) is 5.75 Å². The monoisotopic (exact) mass is 454 g/mol. The van der Waals surface area contributed by atoms with Crippen molar-refractivity contribution in [3.63, 3.8) is 0 Å². The first kappa shape index (κ1) is 24.2. The third kappa shape index (κ3) is 6.36. The van der Waals surface area contributed by atoms with E-state index in [1.807, 2.05) is 0 Å². The summed E-state index contributed by atoms with van der Waals surface area (Å²) in [5.41, 5.74) is 7.30. The molecule has 9 heteroatoms. The lowest BCUT2D eigenvalue weighted by atomic mass is 10.00. The lowest BCUT2D eigenvalue weighted by Crippen LogP contribution is -2.26. The number of rotatable bonds is 5. The van der Waals surface area contributed by atoms with Gasteiger partial charge in [-0.2, -0.15) is 0 Å². The summed E-state index contributed by atoms with van der Waals surface area (Å²) in [5.74, 6) is 0.672. The van der Waals surface area contributed by atoms with Crippen LogP contribution in [-0.4, -0.2) is 29.4 Å². The van der Waals surface area contributed by atoms with E-state index in [1.165, 1.54) is 0 Å². The Morgan fingerprint density at radius 2 is 1.81 bits per heavy atom. The number of aliphatic hydroxyl groups excluding tert-OH is 1. The van der Waals surface area contributed by atoms with Gasteiger partial charge in [-0.3, -0.25) is 4.98 Å². The van der Waals surface area contributed by atoms with Crippen LogP contribution >= 0.6 is 48.0 Å². The number of hydrogen-bond donors (Lipinski definition) is 2. The highest BCUT2D eigenvalue weighted by Crippen LogP contribution is 2.31. The topological polar surface area (TPSA) is 77.6 Å². The normalized spacial score (nSPS) is 16.6. The van der Waals surface area contributed by atoms with Crippen LogP contribution in [0.4, 0.5) is 0 Å². The highest BCUT2D eigenvalue weighted by Gasteiger charge is 2.21. The molecule has 0 radical (unpaired) electrons. The molecule has 2 atom stereocenters. The maximum atomic E-state index is 10.5. The fraction of sp³-hybridized carbons (Fsp3) is 0.389. The molecule has 0 bridgehead atoms. The lowest BCUT2D eigenvalue weighted by Gasteiger charge is -2.23. The number of ether oxygens (including phenoxy) is 2. The van der Waals surface area contributed by atoms with Gasteiger partial charge in [0.15, 0.2) is 0 Å². The van der Waals surface area contributed by atoms with E-state index in [1.54, 1.807) is 36.5 Å². The number of benzene rings is 1. The molecule has 3 N–H and O–H groups in total. The number of pyridine rings is 1. The fourth-order valence-electron chi connectivity index (χ4n) is 2.71. The van der Waals surface area contributed by atoms with Gasteiger partial charge in [0.1, 0.15) is 18.0 Å². The predicted octanol–water partition coefficient (Wildman–Crippen LogP) is 4.52. The van der Waals surface area contributed by atoms with Crippen LogP contribution < -0.4 is 10.5 Å². The minimum absolute atomic E-state index is 0. The molecule has 1 aliphatic heterocycles. The Kier molecular flexibility index (Phi) is 10.1. The summed E-state index contributed by atoms with van der Waals surface area (Å²) in [5, 5.41) is 11.3. The standard InChI is InChI=1S/C18H20Cl2N2O3.2ClH/c19-14-3-1-11(9-15(14)20)17(21)18(23)16-4-2-13(10-22-16)25-12-5-7-24-8-6-12;;/h1-4,9-10,12,17-18,23H,5-8,21H2;2*1H. The molecule has 0 amide bonds. The summed E-state index contributed by atoms with van der Waals surface area (Å²) >= 11 is 11.9. The van der Waals surface area contributed by atoms with Crippen molar-refractivity contribution in [2.45, 2.75) is 31.1 Å². The molecule has 0 spiro atoms. The molecule has 0 saturated carbocycles. The van der Waals surface area contributed by atoms with Crippen molar-refractivity contribution in [2.24, 2.45) is 5.73 Å². The van der Waals surface area contributed by atoms with Crippen LogP contribution in [-0.2, 0) is 4.74 Å². The number of hydrogen-bond acceptors (Lipinski definition) is 5. The molecular weight excluding hydrogens is 434 g/mol. The average Bonchev–Trinajstić information content (AvgIpc) is 2.64. The minimum atomic E-state index is -0.964. The quantitative estimate of drug-likeness (QED) is 0.692. The van der Waals surface area contributed by atoms with Crippen molar-refractivity contribution in [2.75, 3.05) is 13.2 Å². The van der Waals surface area contributed by atoms with Crippen LogP contribution in [0.2, 0.25) is 10.0 Å². The van der Waals surface area contributed by atoms with Crippen molar-refractivity contribution in [3.05, 3.63) is 57.8 Å². The van der Waals surface area contributed by atoms with E-state index in [4.69, 9.17) is 38.4 Å². The summed E-state index contributed by atoms with van der Waals surface area (Å²) in [7, 11) is 0. The largest absolute Gasteiger partial charge is 0.489 e. The van der Waals surface area contributed by atoms with Gasteiger partial charge >= 0.3 is 0 Å². The zero-order valence-electron chi connectivity index (χ0n) is 14.4. The van der Waals surface area contributed by atoms with Gasteiger partial charge in [0, 0.05) is 12.8 Å². The maximum absolute atomic E-state index is 10.5. The van der Waals surface area contributed by atoms with Gasteiger partial charge in [0.2, 0.25) is 0 Å². The molecule has 27 heavy (non-hydrogen) atoms. The van der Waals surface area contributed by atoms with Gasteiger partial charge in [0.25, 0.3) is 0 Å². The number of nitrogens with two attached hydrogens (primary N) is 1. The van der Waals surface area contributed by atoms with E-state index in [0.717, 1.165) is 12.8 Å². The van der Waals surface area contributed by atoms with Gasteiger partial charge in [-0.1, -0.05) is 29.3 Å². The van der Waals surface area contributed by atoms with Crippen LogP contribution in [0.15, 0.2) is 36.5 Å². The molecule has 3 rings (SSSR count). The lowest BCUT2D eigenvalue weighted by molar-refractivity contribution is 0.0253. The van der Waals surface area contributed by atoms with E-state index in [9.17, 15) is 5.11 Å². The molecule has 1 fully saturated rings. The van der Waals surface area contributed by atoms with Crippen molar-refractivity contribution in [1.82, 2.24) is 4.98 Å². The fourth-order valence-corrected chi connectivity index (χ4v) is 3.02. The third-order valence-corrected chi connectivity index (χ3v) is 4.94. The van der Waals surface area contributed by atoms with E-state index in [2.05, 4.69) is 4.98 Å². The van der Waals surface area contributed by atoms with E-state index in [-0.39, 0.29) is 30.9 Å². The number of halogens is 4. The Labute approximate surface area is 181 Å². The summed E-state index contributed by atoms with van der Waals surface area (Å²) in [4.78, 5) is 4.29. The summed E-state index contributed by atoms with van der Waals surface area (Å²) in [6.07, 6.45) is 2.52. The van der Waals surface area contributed by atoms with Gasteiger partial charge < -0.3 is 20.3 Å². The zero-order valence-corrected chi connectivity index (χ0v) is 17.5. The highest BCUT2D eigenvalue weighted by atomic mass is 35.5. The second kappa shape index (κ2) is 11.3. The summed E-state index contributed by atoms with van der Waals surface area (Å²) in [6, 6.07) is 7.90. The molecule has 5 nitrogen and oxygen atoms in total. The molecule has 1 saturated heterocycles. The highest BCUT2D eigenvalue weighted by molar-refractivity contribution is 6.42. The van der Waals surface area contributed by atoms with Gasteiger partial charge in [-0.05, 0) is 29.8 Å². The Morgan fingerprint density at radius 1 is 1.11 bits per heavy atom. The molecule has 2 unspecified atom stereocenters. The zero-order chi connectivity index (χ0) is 17.8. The minimum Gasteiger partial charge on any atom is -0.489 e. The molecule has 0 aliphatic carbocycles. The Hall–Kier alpha value is -0.790. The van der Waals surface area contributed by atoms with Crippen molar-refractivity contribution in [1.29, 1.82) is 0 Å². The summed E-state index contributed by atoms with van der Waals surface area (Å²) in [6.45, 7) is 1.43. The van der Waals surface area contributed by atoms with Crippen LogP contribution in [0, 0.1) is 0 Å². The SMILES string of the molecule is Cl.Cl.NC(c1ccc(Cl)c(Cl)c1)C(O)c1ccc(OC2CCOCC2)cn1. The van der Waals surface area contributed by atoms with Gasteiger partial charge in [-0.15, -0.1) is 24.8 Å². The average molecular weight is 456 g/mol. The number of nitrogens with zero attached hydrogens (tertiary/aromatic N) is 1. The second-order valence-electron chi connectivity index (χ2n) is 5.99. The van der Waals surface area contributed by atoms with E-state index < -0.39 is 12.1 Å². The molecule has 2 aromatic rings. The second-order valence-corrected chi connectivity index (χ2v) is 6.81. The van der Waals surface area contributed by atoms with Crippen LogP contribution in [0.1, 0.15) is 36.2 Å². The molecule has 150 valence electrons. The maximum Gasteiger partial charge on any atom is 0.138 e. The van der Waals surface area contributed by atoms with Gasteiger partial charge in [0.05, 0.1) is 41.2 Å². The van der Waals surface area contributed by atoms with Crippen LogP contribution in [0.25, 0.3) is 0 Å². The van der Waals surface area contributed by atoms with E-state index in [0.29, 0.717) is 40.3 Å². The molecule has 1 aromatic heterocycles. The van der Waals surface area contributed by atoms with E-state index >= 15 is 0 Å². The third-order valence-electron chi connectivity index (χ3n) is 4.20. The Bertz CT molecular complexity index is 712. The van der Waals surface area contributed by atoms with Crippen molar-refractivity contribution < 1.29 is 14.6 Å². The first-order valence-corrected chi connectivity index (χ1v) is 8.89. The number of aliphatic hydroxyl groups is 1. The summed E-state index contributed by atoms with van der Waals surface area (Å²) < 4.78 is 11.2. The van der Waals surface area contributed by atoms with Crippen LogP contribution in [0.5, 0.6) is 5.75 Å². The molecule has 1 aliphatic rings. The molecule has 2 heterocycles. The Balaban J connectivity index is 0.00000182. The molecular formula is C18H22Cl4N2O3. The first-order chi connectivity index (χ1) is 12.0. The number of aromatic nitrogens is 1. The first-order valence-electron chi connectivity index (χ1n) is 8.13. The smallest absolute Gasteiger partial charge is 0.138 e. The predicted molar refractivity (Wildman–Crippen MR) is 112 cm³/mol. The van der Waals surface area contributed by atoms with Crippen LogP contribution in [0.3, 0.4) is 0 Å². The van der Waals surface area contributed by atoms with Crippen molar-refractivity contribution >= 4 is 48.0 Å². The Morgan fingerprint density at radius 3 is 2.41 bits per heavy atom.